The van der Waals surface area contributed by atoms with Gasteiger partial charge in [-0.05, 0) is 24.6 Å². The molecular formula is C23H19N3O7S. The zero-order valence-corrected chi connectivity index (χ0v) is 18.8. The lowest BCUT2D eigenvalue weighted by Crippen LogP contribution is -2.41. The van der Waals surface area contributed by atoms with Crippen LogP contribution in [0.15, 0.2) is 54.6 Å². The Balaban J connectivity index is 1.57. The van der Waals surface area contributed by atoms with E-state index in [4.69, 9.17) is 9.47 Å². The van der Waals surface area contributed by atoms with Crippen molar-refractivity contribution in [3.63, 3.8) is 0 Å². The van der Waals surface area contributed by atoms with Crippen molar-refractivity contribution in [2.75, 3.05) is 29.9 Å². The molecule has 1 aliphatic heterocycles. The summed E-state index contributed by atoms with van der Waals surface area (Å²) in [6.07, 6.45) is 0. The van der Waals surface area contributed by atoms with Crippen LogP contribution in [0.25, 0.3) is 10.4 Å². The second-order valence-electron chi connectivity index (χ2n) is 7.23. The summed E-state index contributed by atoms with van der Waals surface area (Å²) < 4.78 is 10.2. The second kappa shape index (κ2) is 9.71. The zero-order valence-electron chi connectivity index (χ0n) is 18.0. The number of nitrogens with zero attached hydrogens (tertiary/aromatic N) is 2. The van der Waals surface area contributed by atoms with Crippen molar-refractivity contribution >= 4 is 45.6 Å². The first-order chi connectivity index (χ1) is 16.4. The molecule has 1 N–H and O–H groups in total. The highest BCUT2D eigenvalue weighted by atomic mass is 32.1. The van der Waals surface area contributed by atoms with E-state index >= 15 is 0 Å². The third-order valence-corrected chi connectivity index (χ3v) is 6.01. The van der Waals surface area contributed by atoms with Gasteiger partial charge in [-0.1, -0.05) is 30.3 Å². The molecule has 0 spiro atoms. The lowest BCUT2D eigenvalue weighted by atomic mass is 10.1. The van der Waals surface area contributed by atoms with Crippen LogP contribution in [0.1, 0.15) is 17.3 Å². The SMILES string of the molecule is CCOC(=O)c1cc(-c2ccccc2)sc1NC(=O)CN1CC(=O)Oc2cc([N+](=O)[O-])ccc21. The fourth-order valence-corrected chi connectivity index (χ4v) is 4.49. The summed E-state index contributed by atoms with van der Waals surface area (Å²) in [6.45, 7) is 1.43. The summed E-state index contributed by atoms with van der Waals surface area (Å²) in [6, 6.07) is 14.9. The number of esters is 2. The summed E-state index contributed by atoms with van der Waals surface area (Å²) in [5.41, 5.74) is 1.26. The van der Waals surface area contributed by atoms with Gasteiger partial charge in [0.05, 0.1) is 35.4 Å². The minimum atomic E-state index is -0.643. The van der Waals surface area contributed by atoms with E-state index < -0.39 is 22.8 Å². The van der Waals surface area contributed by atoms with Crippen LogP contribution in [-0.2, 0) is 14.3 Å². The van der Waals surface area contributed by atoms with E-state index in [1.807, 2.05) is 30.3 Å². The molecule has 10 nitrogen and oxygen atoms in total. The van der Waals surface area contributed by atoms with E-state index in [1.165, 1.54) is 28.4 Å². The molecule has 11 heteroatoms. The number of carbonyl (C=O) groups excluding carboxylic acids is 3. The number of ether oxygens (including phenoxy) is 2. The number of benzene rings is 2. The summed E-state index contributed by atoms with van der Waals surface area (Å²) >= 11 is 1.23. The molecule has 34 heavy (non-hydrogen) atoms. The fraction of sp³-hybridized carbons (Fsp3) is 0.174. The predicted octanol–water partition coefficient (Wildman–Crippen LogP) is 3.86. The van der Waals surface area contributed by atoms with Crippen molar-refractivity contribution in [1.29, 1.82) is 0 Å². The summed E-state index contributed by atoms with van der Waals surface area (Å²) in [4.78, 5) is 50.0. The summed E-state index contributed by atoms with van der Waals surface area (Å²) in [5, 5.41) is 14.1. The number of thiophene rings is 1. The molecule has 0 saturated carbocycles. The van der Waals surface area contributed by atoms with Gasteiger partial charge < -0.3 is 19.7 Å². The molecule has 0 atom stereocenters. The van der Waals surface area contributed by atoms with Crippen LogP contribution in [0.4, 0.5) is 16.4 Å². The van der Waals surface area contributed by atoms with Crippen molar-refractivity contribution in [2.45, 2.75) is 6.92 Å². The molecule has 1 aromatic heterocycles. The molecule has 0 aliphatic carbocycles. The number of nitrogens with one attached hydrogen (secondary N) is 1. The largest absolute Gasteiger partial charge is 0.462 e. The molecule has 2 aromatic carbocycles. The molecular weight excluding hydrogens is 462 g/mol. The van der Waals surface area contributed by atoms with Gasteiger partial charge in [0.2, 0.25) is 5.91 Å². The molecule has 0 saturated heterocycles. The highest BCUT2D eigenvalue weighted by Crippen LogP contribution is 2.37. The van der Waals surface area contributed by atoms with Crippen LogP contribution >= 0.6 is 11.3 Å². The number of rotatable bonds is 7. The maximum atomic E-state index is 12.9. The third kappa shape index (κ3) is 4.89. The fourth-order valence-electron chi connectivity index (χ4n) is 3.42. The van der Waals surface area contributed by atoms with Gasteiger partial charge in [-0.3, -0.25) is 14.9 Å². The molecule has 0 radical (unpaired) electrons. The van der Waals surface area contributed by atoms with Crippen molar-refractivity contribution in [3.05, 3.63) is 70.3 Å². The van der Waals surface area contributed by atoms with Crippen molar-refractivity contribution < 1.29 is 28.8 Å². The number of hydrogen-bond donors (Lipinski definition) is 1. The smallest absolute Gasteiger partial charge is 0.341 e. The molecule has 0 bridgehead atoms. The molecule has 2 heterocycles. The monoisotopic (exact) mass is 481 g/mol. The van der Waals surface area contributed by atoms with Crippen LogP contribution < -0.4 is 15.0 Å². The molecule has 1 amide bonds. The van der Waals surface area contributed by atoms with Crippen molar-refractivity contribution in [3.8, 4) is 16.2 Å². The van der Waals surface area contributed by atoms with Crippen LogP contribution in [-0.4, -0.2) is 42.5 Å². The van der Waals surface area contributed by atoms with Crippen LogP contribution in [0, 0.1) is 10.1 Å². The first kappa shape index (κ1) is 22.9. The Labute approximate surface area is 197 Å². The number of carbonyl (C=O) groups is 3. The number of non-ortho nitro benzene ring substituents is 1. The number of amides is 1. The normalized spacial score (nSPS) is 12.5. The average molecular weight is 481 g/mol. The second-order valence-corrected chi connectivity index (χ2v) is 8.28. The lowest BCUT2D eigenvalue weighted by molar-refractivity contribution is -0.384. The Kier molecular flexibility index (Phi) is 6.55. The Morgan fingerprint density at radius 1 is 1.21 bits per heavy atom. The topological polar surface area (TPSA) is 128 Å². The van der Waals surface area contributed by atoms with Gasteiger partial charge in [0, 0.05) is 10.9 Å². The molecule has 0 fully saturated rings. The molecule has 174 valence electrons. The Morgan fingerprint density at radius 2 is 1.97 bits per heavy atom. The van der Waals surface area contributed by atoms with Crippen LogP contribution in [0.5, 0.6) is 5.75 Å². The molecule has 1 aliphatic rings. The minimum Gasteiger partial charge on any atom is -0.462 e. The third-order valence-electron chi connectivity index (χ3n) is 4.91. The first-order valence-electron chi connectivity index (χ1n) is 10.3. The molecule has 0 unspecified atom stereocenters. The maximum absolute atomic E-state index is 12.9. The van der Waals surface area contributed by atoms with E-state index in [2.05, 4.69) is 5.32 Å². The van der Waals surface area contributed by atoms with E-state index in [0.717, 1.165) is 16.5 Å². The van der Waals surface area contributed by atoms with E-state index in [9.17, 15) is 24.5 Å². The number of nitro benzene ring substituents is 1. The van der Waals surface area contributed by atoms with Gasteiger partial charge in [0.25, 0.3) is 5.69 Å². The van der Waals surface area contributed by atoms with E-state index in [0.29, 0.717) is 10.7 Å². The minimum absolute atomic E-state index is 0.00736. The number of nitro groups is 1. The summed E-state index contributed by atoms with van der Waals surface area (Å²) in [5.74, 6) is -1.68. The highest BCUT2D eigenvalue weighted by molar-refractivity contribution is 7.20. The summed E-state index contributed by atoms with van der Waals surface area (Å²) in [7, 11) is 0. The van der Waals surface area contributed by atoms with Gasteiger partial charge in [-0.25, -0.2) is 9.59 Å². The number of hydrogen-bond acceptors (Lipinski definition) is 9. The average Bonchev–Trinajstić information content (AvgIpc) is 3.23. The van der Waals surface area contributed by atoms with Crippen LogP contribution in [0.3, 0.4) is 0 Å². The molecule has 3 aromatic rings. The Bertz CT molecular complexity index is 1270. The van der Waals surface area contributed by atoms with Crippen LogP contribution in [0.2, 0.25) is 0 Å². The van der Waals surface area contributed by atoms with Gasteiger partial charge in [-0.15, -0.1) is 11.3 Å². The lowest BCUT2D eigenvalue weighted by Gasteiger charge is -2.28. The van der Waals surface area contributed by atoms with E-state index in [1.54, 1.807) is 13.0 Å². The highest BCUT2D eigenvalue weighted by Gasteiger charge is 2.28. The van der Waals surface area contributed by atoms with Crippen molar-refractivity contribution in [2.24, 2.45) is 0 Å². The Morgan fingerprint density at radius 3 is 2.68 bits per heavy atom. The number of anilines is 2. The zero-order chi connectivity index (χ0) is 24.2. The standard InChI is InChI=1S/C23H19N3O7S/c1-2-32-23(29)16-11-19(14-6-4-3-5-7-14)34-22(16)24-20(27)12-25-13-21(28)33-18-10-15(26(30)31)8-9-17(18)25/h3-11H,2,12-13H2,1H3,(H,24,27). The number of fused-ring (bicyclic) bond motifs is 1. The van der Waals surface area contributed by atoms with E-state index in [-0.39, 0.29) is 36.7 Å². The first-order valence-corrected chi connectivity index (χ1v) is 11.1. The van der Waals surface area contributed by atoms with Gasteiger partial charge in [0.15, 0.2) is 5.75 Å². The van der Waals surface area contributed by atoms with Gasteiger partial charge >= 0.3 is 11.9 Å². The Hall–Kier alpha value is -4.25. The maximum Gasteiger partial charge on any atom is 0.341 e. The van der Waals surface area contributed by atoms with Gasteiger partial charge in [-0.2, -0.15) is 0 Å². The molecule has 4 rings (SSSR count). The predicted molar refractivity (Wildman–Crippen MR) is 125 cm³/mol. The quantitative estimate of drug-likeness (QED) is 0.233. The van der Waals surface area contributed by atoms with Crippen molar-refractivity contribution in [1.82, 2.24) is 0 Å². The van der Waals surface area contributed by atoms with Gasteiger partial charge in [0.1, 0.15) is 11.5 Å².